The Hall–Kier alpha value is -4.26. The van der Waals surface area contributed by atoms with Crippen LogP contribution in [0.3, 0.4) is 0 Å². The predicted molar refractivity (Wildman–Crippen MR) is 155 cm³/mol. The minimum atomic E-state index is -4.06. The number of carbonyl (C=O) groups is 1. The molecule has 0 saturated heterocycles. The van der Waals surface area contributed by atoms with Gasteiger partial charge in [-0.3, -0.25) is 9.40 Å². The summed E-state index contributed by atoms with van der Waals surface area (Å²) >= 11 is 0. The summed E-state index contributed by atoms with van der Waals surface area (Å²) in [7, 11) is -2.63. The van der Waals surface area contributed by atoms with Crippen molar-refractivity contribution in [3.05, 3.63) is 58.9 Å². The third kappa shape index (κ3) is 6.30. The van der Waals surface area contributed by atoms with Crippen molar-refractivity contribution in [1.82, 2.24) is 20.3 Å². The molecular weight excluding hydrogens is 562 g/mol. The molecule has 2 aromatic heterocycles. The van der Waals surface area contributed by atoms with Crippen molar-refractivity contribution in [2.45, 2.75) is 70.5 Å². The summed E-state index contributed by atoms with van der Waals surface area (Å²) in [6.45, 7) is 8.53. The number of carbonyl (C=O) groups excluding carboxylic acids is 1. The highest BCUT2D eigenvalue weighted by Crippen LogP contribution is 2.41. The number of sulfonamides is 1. The Labute approximate surface area is 244 Å². The second-order valence-electron chi connectivity index (χ2n) is 11.0. The molecule has 0 atom stereocenters. The average molecular weight is 598 g/mol. The fraction of sp³-hybridized carbons (Fsp3) is 0.414. The Morgan fingerprint density at radius 2 is 2.00 bits per heavy atom. The normalized spacial score (nSPS) is 13.4. The first kappa shape index (κ1) is 29.2. The van der Waals surface area contributed by atoms with Crippen molar-refractivity contribution in [3.63, 3.8) is 0 Å². The van der Waals surface area contributed by atoms with E-state index in [0.29, 0.717) is 36.3 Å². The smallest absolute Gasteiger partial charge is 0.407 e. The number of anilines is 1. The monoisotopic (exact) mass is 597 g/mol. The highest BCUT2D eigenvalue weighted by molar-refractivity contribution is 7.92. The van der Waals surface area contributed by atoms with Crippen molar-refractivity contribution >= 4 is 32.9 Å². The highest BCUT2D eigenvalue weighted by atomic mass is 32.2. The van der Waals surface area contributed by atoms with Crippen LogP contribution < -0.4 is 19.5 Å². The molecule has 42 heavy (non-hydrogen) atoms. The number of aromatic nitrogens is 3. The van der Waals surface area contributed by atoms with Crippen LogP contribution in [0, 0.1) is 0 Å². The van der Waals surface area contributed by atoms with Crippen LogP contribution in [0.2, 0.25) is 0 Å². The zero-order chi connectivity index (χ0) is 30.1. The number of hydrogen-bond acceptors (Lipinski definition) is 9. The summed E-state index contributed by atoms with van der Waals surface area (Å²) in [6, 6.07) is 6.90. The minimum Gasteiger partial charge on any atom is -0.495 e. The lowest BCUT2D eigenvalue weighted by Crippen LogP contribution is -2.32. The predicted octanol–water partition coefficient (Wildman–Crippen LogP) is 4.79. The van der Waals surface area contributed by atoms with E-state index in [1.165, 1.54) is 7.11 Å². The van der Waals surface area contributed by atoms with Gasteiger partial charge in [-0.1, -0.05) is 18.1 Å². The van der Waals surface area contributed by atoms with Crippen LogP contribution in [-0.4, -0.2) is 48.8 Å². The minimum absolute atomic E-state index is 0.0163. The van der Waals surface area contributed by atoms with Gasteiger partial charge in [0.15, 0.2) is 11.4 Å². The van der Waals surface area contributed by atoms with Gasteiger partial charge in [0.05, 0.1) is 26.5 Å². The number of rotatable bonds is 9. The maximum atomic E-state index is 13.5. The van der Waals surface area contributed by atoms with E-state index in [0.717, 1.165) is 35.1 Å². The van der Waals surface area contributed by atoms with Crippen molar-refractivity contribution in [3.8, 4) is 11.5 Å². The summed E-state index contributed by atoms with van der Waals surface area (Å²) in [4.78, 5) is 12.0. The molecule has 4 aromatic rings. The molecule has 0 radical (unpaired) electrons. The van der Waals surface area contributed by atoms with E-state index in [1.54, 1.807) is 43.8 Å². The summed E-state index contributed by atoms with van der Waals surface area (Å²) < 4.78 is 53.6. The van der Waals surface area contributed by atoms with E-state index >= 15 is 0 Å². The maximum Gasteiger partial charge on any atom is 0.407 e. The third-order valence-corrected chi connectivity index (χ3v) is 8.10. The van der Waals surface area contributed by atoms with Gasteiger partial charge in [0, 0.05) is 23.9 Å². The zero-order valence-electron chi connectivity index (χ0n) is 24.3. The zero-order valence-corrected chi connectivity index (χ0v) is 25.1. The van der Waals surface area contributed by atoms with E-state index in [4.69, 9.17) is 18.7 Å². The topological polar surface area (TPSA) is 147 Å². The molecule has 0 aliphatic carbocycles. The molecule has 224 valence electrons. The van der Waals surface area contributed by atoms with Crippen molar-refractivity contribution in [2.75, 3.05) is 18.4 Å². The molecule has 2 aromatic carbocycles. The lowest BCUT2D eigenvalue weighted by atomic mass is 9.97. The molecule has 0 bridgehead atoms. The Balaban J connectivity index is 1.41. The number of ether oxygens (including phenoxy) is 3. The maximum absolute atomic E-state index is 13.5. The van der Waals surface area contributed by atoms with E-state index in [9.17, 15) is 13.2 Å². The highest BCUT2D eigenvalue weighted by Gasteiger charge is 2.28. The largest absolute Gasteiger partial charge is 0.495 e. The Kier molecular flexibility index (Phi) is 8.04. The quantitative estimate of drug-likeness (QED) is 0.278. The van der Waals surface area contributed by atoms with Gasteiger partial charge in [-0.2, -0.15) is 5.10 Å². The number of amides is 1. The molecule has 5 rings (SSSR count). The second-order valence-corrected chi connectivity index (χ2v) is 12.7. The van der Waals surface area contributed by atoms with Crippen molar-refractivity contribution < 1.29 is 31.9 Å². The lowest BCUT2D eigenvalue weighted by molar-refractivity contribution is 0.0523. The van der Waals surface area contributed by atoms with Crippen LogP contribution in [-0.2, 0) is 40.7 Å². The van der Waals surface area contributed by atoms with Crippen molar-refractivity contribution in [1.29, 1.82) is 0 Å². The van der Waals surface area contributed by atoms with Gasteiger partial charge in [-0.25, -0.2) is 13.2 Å². The molecule has 0 fully saturated rings. The van der Waals surface area contributed by atoms with Gasteiger partial charge in [0.2, 0.25) is 0 Å². The number of benzene rings is 2. The van der Waals surface area contributed by atoms with E-state index in [-0.39, 0.29) is 23.0 Å². The van der Waals surface area contributed by atoms with Gasteiger partial charge >= 0.3 is 6.09 Å². The number of methoxy groups -OCH3 is 1. The number of fused-ring (bicyclic) bond motifs is 3. The summed E-state index contributed by atoms with van der Waals surface area (Å²) in [5.41, 5.74) is 3.32. The van der Waals surface area contributed by atoms with Gasteiger partial charge < -0.3 is 24.1 Å². The van der Waals surface area contributed by atoms with Crippen LogP contribution in [0.25, 0.3) is 11.0 Å². The number of hydrogen-bond donors (Lipinski definition) is 2. The molecule has 1 amide bonds. The number of nitrogens with one attached hydrogen (secondary N) is 2. The average Bonchev–Trinajstić information content (AvgIpc) is 3.57. The van der Waals surface area contributed by atoms with E-state index in [2.05, 4.69) is 20.3 Å². The molecule has 0 saturated carbocycles. The molecule has 2 N–H and O–H groups in total. The molecule has 3 heterocycles. The van der Waals surface area contributed by atoms with E-state index < -0.39 is 21.7 Å². The van der Waals surface area contributed by atoms with Crippen LogP contribution in [0.5, 0.6) is 11.5 Å². The summed E-state index contributed by atoms with van der Waals surface area (Å²) in [6.07, 6.45) is 5.24. The molecular formula is C29H35N5O7S. The number of alkyl carbamates (subject to hydrolysis) is 1. The van der Waals surface area contributed by atoms with Gasteiger partial charge in [-0.05, 0) is 69.4 Å². The van der Waals surface area contributed by atoms with Gasteiger partial charge in [0.1, 0.15) is 27.4 Å². The fourth-order valence-electron chi connectivity index (χ4n) is 4.81. The van der Waals surface area contributed by atoms with E-state index in [1.807, 2.05) is 25.3 Å². The molecule has 1 aliphatic rings. The first-order valence-corrected chi connectivity index (χ1v) is 15.2. The molecule has 13 heteroatoms. The summed E-state index contributed by atoms with van der Waals surface area (Å²) in [5, 5.41) is 11.7. The molecule has 0 unspecified atom stereocenters. The Bertz CT molecular complexity index is 1720. The number of aryl methyl sites for hydroxylation is 1. The second kappa shape index (κ2) is 11.6. The molecule has 1 aliphatic heterocycles. The van der Waals surface area contributed by atoms with Crippen LogP contribution in [0.4, 0.5) is 10.6 Å². The van der Waals surface area contributed by atoms with Crippen LogP contribution in [0.1, 0.15) is 56.4 Å². The van der Waals surface area contributed by atoms with Crippen LogP contribution >= 0.6 is 0 Å². The third-order valence-electron chi connectivity index (χ3n) is 6.74. The lowest BCUT2D eigenvalue weighted by Gasteiger charge is -2.21. The first-order valence-electron chi connectivity index (χ1n) is 13.7. The number of nitrogens with zero attached hydrogens (tertiary/aromatic N) is 3. The Morgan fingerprint density at radius 3 is 2.74 bits per heavy atom. The summed E-state index contributed by atoms with van der Waals surface area (Å²) in [5.74, 6) is 0.821. The van der Waals surface area contributed by atoms with Gasteiger partial charge in [-0.15, -0.1) is 0 Å². The van der Waals surface area contributed by atoms with Gasteiger partial charge in [0.25, 0.3) is 10.0 Å². The first-order chi connectivity index (χ1) is 20.0. The van der Waals surface area contributed by atoms with Crippen molar-refractivity contribution in [2.24, 2.45) is 0 Å². The van der Waals surface area contributed by atoms with Crippen LogP contribution in [0.15, 0.2) is 46.1 Å². The Morgan fingerprint density at radius 1 is 1.19 bits per heavy atom. The SMILES string of the molecule is CCc1ccc(OC)c(S(=O)(=O)Nc2noc3cc(Cn4cc(CNC(=O)OC(C)(C)C)cn4)c4c(c23)OCCC4)c1. The molecule has 0 spiro atoms. The molecule has 12 nitrogen and oxygen atoms in total. The fourth-order valence-corrected chi connectivity index (χ4v) is 6.04. The standard InChI is InChI=1S/C29H35N5O7S/c1-6-18-9-10-22(38-5)24(12-18)42(36,37)33-27-25-23(41-32-27)13-20(21-8-7-11-39-26(21)25)17-34-16-19(15-31-34)14-30-28(35)40-29(2,3)4/h9-10,12-13,15-16H,6-8,11,14,17H2,1-5H3,(H,30,35)(H,32,33).